The largest absolute Gasteiger partial charge is 0.391 e. The molecule has 0 spiro atoms. The van der Waals surface area contributed by atoms with Gasteiger partial charge in [0.2, 0.25) is 0 Å². The van der Waals surface area contributed by atoms with Crippen molar-refractivity contribution < 1.29 is 5.11 Å². The number of aliphatic hydroxyl groups is 1. The molecule has 2 atom stereocenters. The number of benzene rings is 1. The highest BCUT2D eigenvalue weighted by Crippen LogP contribution is 2.29. The number of aryl methyl sites for hydroxylation is 1. The summed E-state index contributed by atoms with van der Waals surface area (Å²) in [5.74, 6) is 0. The number of rotatable bonds is 2. The van der Waals surface area contributed by atoms with Gasteiger partial charge in [-0.15, -0.1) is 12.4 Å². The van der Waals surface area contributed by atoms with E-state index in [4.69, 9.17) is 0 Å². The Labute approximate surface area is 133 Å². The number of hydrogen-bond donors (Lipinski definition) is 2. The van der Waals surface area contributed by atoms with Gasteiger partial charge in [0, 0.05) is 50.1 Å². The fraction of sp³-hybridized carbons (Fsp3) is 0.625. The van der Waals surface area contributed by atoms with Crippen LogP contribution in [0.15, 0.2) is 18.2 Å². The first-order chi connectivity index (χ1) is 9.65. The van der Waals surface area contributed by atoms with Gasteiger partial charge in [-0.05, 0) is 44.0 Å². The summed E-state index contributed by atoms with van der Waals surface area (Å²) in [6.07, 6.45) is 0.720. The van der Waals surface area contributed by atoms with Crippen LogP contribution in [0, 0.1) is 6.92 Å². The molecule has 21 heavy (non-hydrogen) atoms. The quantitative estimate of drug-likeness (QED) is 0.873. The van der Waals surface area contributed by atoms with Gasteiger partial charge in [0.25, 0.3) is 0 Å². The van der Waals surface area contributed by atoms with E-state index in [2.05, 4.69) is 47.2 Å². The average molecular weight is 312 g/mol. The van der Waals surface area contributed by atoms with Crippen LogP contribution in [-0.4, -0.2) is 50.0 Å². The van der Waals surface area contributed by atoms with Crippen molar-refractivity contribution in [3.63, 3.8) is 0 Å². The van der Waals surface area contributed by atoms with Crippen LogP contribution in [0.2, 0.25) is 0 Å². The van der Waals surface area contributed by atoms with Crippen molar-refractivity contribution in [2.24, 2.45) is 0 Å². The van der Waals surface area contributed by atoms with Crippen LogP contribution in [0.25, 0.3) is 0 Å². The lowest BCUT2D eigenvalue weighted by atomic mass is 10.1. The lowest BCUT2D eigenvalue weighted by molar-refractivity contribution is 0.198. The molecule has 0 bridgehead atoms. The van der Waals surface area contributed by atoms with Crippen molar-refractivity contribution in [3.8, 4) is 0 Å². The molecule has 1 aromatic carbocycles. The van der Waals surface area contributed by atoms with Gasteiger partial charge in [0.15, 0.2) is 0 Å². The van der Waals surface area contributed by atoms with Crippen molar-refractivity contribution in [2.45, 2.75) is 32.4 Å². The highest BCUT2D eigenvalue weighted by Gasteiger charge is 2.23. The monoisotopic (exact) mass is 311 g/mol. The van der Waals surface area contributed by atoms with Gasteiger partial charge >= 0.3 is 0 Å². The van der Waals surface area contributed by atoms with Gasteiger partial charge in [-0.3, -0.25) is 0 Å². The van der Waals surface area contributed by atoms with E-state index < -0.39 is 0 Å². The van der Waals surface area contributed by atoms with Gasteiger partial charge in [0.1, 0.15) is 0 Å². The van der Waals surface area contributed by atoms with E-state index in [1.807, 2.05) is 0 Å². The van der Waals surface area contributed by atoms with Crippen molar-refractivity contribution >= 4 is 23.8 Å². The number of nitrogens with one attached hydrogen (secondary N) is 1. The van der Waals surface area contributed by atoms with E-state index >= 15 is 0 Å². The summed E-state index contributed by atoms with van der Waals surface area (Å²) in [6, 6.07) is 7.29. The zero-order valence-electron chi connectivity index (χ0n) is 12.9. The van der Waals surface area contributed by atoms with Crippen LogP contribution < -0.4 is 15.1 Å². The maximum atomic E-state index is 9.69. The van der Waals surface area contributed by atoms with Gasteiger partial charge in [-0.1, -0.05) is 0 Å². The van der Waals surface area contributed by atoms with E-state index in [1.165, 1.54) is 16.9 Å². The summed E-state index contributed by atoms with van der Waals surface area (Å²) in [4.78, 5) is 4.77. The normalized spacial score (nSPS) is 25.9. The summed E-state index contributed by atoms with van der Waals surface area (Å²) in [5.41, 5.74) is 3.90. The molecule has 3 rings (SSSR count). The molecule has 2 aliphatic heterocycles. The van der Waals surface area contributed by atoms with Crippen LogP contribution in [0.4, 0.5) is 11.4 Å². The molecule has 2 aliphatic rings. The predicted molar refractivity (Wildman–Crippen MR) is 90.9 cm³/mol. The zero-order valence-corrected chi connectivity index (χ0v) is 13.7. The maximum absolute atomic E-state index is 9.69. The minimum Gasteiger partial charge on any atom is -0.391 e. The standard InChI is InChI=1S/C16H25N3O.ClH/c1-12-9-14(19-8-6-17-10-13(19)2)3-4-16(12)18-7-5-15(20)11-18;/h3-4,9,13,15,17,20H,5-8,10-11H2,1-2H3;1H/t13-,15+;/m0./s1. The fourth-order valence-electron chi connectivity index (χ4n) is 3.36. The molecule has 0 unspecified atom stereocenters. The second-order valence-electron chi connectivity index (χ2n) is 6.11. The Balaban J connectivity index is 0.00000161. The number of piperazine rings is 1. The summed E-state index contributed by atoms with van der Waals surface area (Å²) < 4.78 is 0. The molecule has 2 heterocycles. The molecule has 1 aromatic rings. The highest BCUT2D eigenvalue weighted by atomic mass is 35.5. The van der Waals surface area contributed by atoms with E-state index in [0.717, 1.165) is 39.1 Å². The highest BCUT2D eigenvalue weighted by molar-refractivity contribution is 5.85. The molecule has 4 nitrogen and oxygen atoms in total. The third kappa shape index (κ3) is 3.44. The molecular formula is C16H26ClN3O. The average Bonchev–Trinajstić information content (AvgIpc) is 2.85. The number of halogens is 1. The maximum Gasteiger partial charge on any atom is 0.0731 e. The summed E-state index contributed by atoms with van der Waals surface area (Å²) in [5, 5.41) is 13.1. The minimum atomic E-state index is -0.165. The van der Waals surface area contributed by atoms with Crippen molar-refractivity contribution in [1.82, 2.24) is 5.32 Å². The molecule has 118 valence electrons. The van der Waals surface area contributed by atoms with E-state index in [1.54, 1.807) is 0 Å². The summed E-state index contributed by atoms with van der Waals surface area (Å²) >= 11 is 0. The SMILES string of the molecule is Cc1cc(N2CCNC[C@@H]2C)ccc1N1CC[C@@H](O)C1.Cl. The van der Waals surface area contributed by atoms with Gasteiger partial charge in [-0.2, -0.15) is 0 Å². The Kier molecular flexibility index (Phi) is 5.36. The Morgan fingerprint density at radius 1 is 1.29 bits per heavy atom. The summed E-state index contributed by atoms with van der Waals surface area (Å²) in [6.45, 7) is 9.36. The number of β-amino-alcohol motifs (C(OH)–C–C–N with tert-alkyl or cyclic N) is 1. The van der Waals surface area contributed by atoms with Crippen LogP contribution in [0.1, 0.15) is 18.9 Å². The molecule has 2 fully saturated rings. The van der Waals surface area contributed by atoms with Crippen molar-refractivity contribution in [2.75, 3.05) is 42.5 Å². The molecule has 2 N–H and O–H groups in total. The van der Waals surface area contributed by atoms with Gasteiger partial charge < -0.3 is 20.2 Å². The molecule has 5 heteroatoms. The first-order valence-corrected chi connectivity index (χ1v) is 7.66. The Morgan fingerprint density at radius 2 is 2.10 bits per heavy atom. The number of aliphatic hydroxyl groups excluding tert-OH is 1. The second-order valence-corrected chi connectivity index (χ2v) is 6.11. The van der Waals surface area contributed by atoms with Gasteiger partial charge in [-0.25, -0.2) is 0 Å². The third-order valence-corrected chi connectivity index (χ3v) is 4.52. The third-order valence-electron chi connectivity index (χ3n) is 4.52. The smallest absolute Gasteiger partial charge is 0.0731 e. The Hall–Kier alpha value is -0.970. The molecule has 0 radical (unpaired) electrons. The van der Waals surface area contributed by atoms with Crippen LogP contribution in [-0.2, 0) is 0 Å². The Bertz CT molecular complexity index is 483. The summed E-state index contributed by atoms with van der Waals surface area (Å²) in [7, 11) is 0. The Morgan fingerprint density at radius 3 is 2.71 bits per heavy atom. The van der Waals surface area contributed by atoms with Crippen molar-refractivity contribution in [3.05, 3.63) is 23.8 Å². The first kappa shape index (κ1) is 16.4. The van der Waals surface area contributed by atoms with E-state index in [-0.39, 0.29) is 18.5 Å². The van der Waals surface area contributed by atoms with Gasteiger partial charge in [0.05, 0.1) is 6.10 Å². The van der Waals surface area contributed by atoms with E-state index in [9.17, 15) is 5.11 Å². The minimum absolute atomic E-state index is 0. The molecule has 0 amide bonds. The first-order valence-electron chi connectivity index (χ1n) is 7.66. The molecule has 2 saturated heterocycles. The lowest BCUT2D eigenvalue weighted by Gasteiger charge is -2.36. The second kappa shape index (κ2) is 6.86. The van der Waals surface area contributed by atoms with E-state index in [0.29, 0.717) is 6.04 Å². The zero-order chi connectivity index (χ0) is 14.1. The number of nitrogens with zero attached hydrogens (tertiary/aromatic N) is 2. The molecule has 0 aromatic heterocycles. The number of hydrogen-bond acceptors (Lipinski definition) is 4. The molecule has 0 aliphatic carbocycles. The van der Waals surface area contributed by atoms with Crippen LogP contribution >= 0.6 is 12.4 Å². The molecule has 0 saturated carbocycles. The van der Waals surface area contributed by atoms with Crippen molar-refractivity contribution in [1.29, 1.82) is 0 Å². The lowest BCUT2D eigenvalue weighted by Crippen LogP contribution is -2.49. The fourth-order valence-corrected chi connectivity index (χ4v) is 3.36. The predicted octanol–water partition coefficient (Wildman–Crippen LogP) is 1.79. The van der Waals surface area contributed by atoms with Crippen LogP contribution in [0.3, 0.4) is 0 Å². The molecular weight excluding hydrogens is 286 g/mol. The number of anilines is 2. The topological polar surface area (TPSA) is 38.7 Å². The van der Waals surface area contributed by atoms with Crippen LogP contribution in [0.5, 0.6) is 0 Å².